The molecule has 6 nitrogen and oxygen atoms in total. The van der Waals surface area contributed by atoms with E-state index in [9.17, 15) is 10.1 Å². The molecule has 0 saturated heterocycles. The van der Waals surface area contributed by atoms with Crippen LogP contribution < -0.4 is 21.0 Å². The van der Waals surface area contributed by atoms with Crippen LogP contribution in [-0.2, 0) is 0 Å². The molecule has 2 heterocycles. The summed E-state index contributed by atoms with van der Waals surface area (Å²) >= 11 is 6.01. The van der Waals surface area contributed by atoms with E-state index in [0.717, 1.165) is 18.8 Å². The summed E-state index contributed by atoms with van der Waals surface area (Å²) < 4.78 is 11.5. The molecule has 3 aromatic rings. The number of halogens is 1. The lowest BCUT2D eigenvalue weighted by molar-refractivity contribution is 0.388. The van der Waals surface area contributed by atoms with Crippen molar-refractivity contribution in [2.45, 2.75) is 19.8 Å². The maximum Gasteiger partial charge on any atom is 0.344 e. The van der Waals surface area contributed by atoms with Gasteiger partial charge in [-0.3, -0.25) is 0 Å². The van der Waals surface area contributed by atoms with Crippen LogP contribution in [-0.4, -0.2) is 13.1 Å². The van der Waals surface area contributed by atoms with Crippen LogP contribution in [0.4, 0.5) is 5.69 Å². The molecular weight excluding hydrogens is 402 g/mol. The Bertz CT molecular complexity index is 1250. The van der Waals surface area contributed by atoms with Gasteiger partial charge in [-0.25, -0.2) is 4.79 Å². The molecule has 152 valence electrons. The lowest BCUT2D eigenvalue weighted by atomic mass is 9.84. The zero-order chi connectivity index (χ0) is 21.4. The van der Waals surface area contributed by atoms with E-state index in [1.165, 1.54) is 0 Å². The minimum atomic E-state index is -0.695. The molecule has 0 spiro atoms. The fraction of sp³-hybridized carbons (Fsp3) is 0.217. The van der Waals surface area contributed by atoms with E-state index in [0.29, 0.717) is 27.3 Å². The zero-order valence-electron chi connectivity index (χ0n) is 16.6. The Morgan fingerprint density at radius 1 is 1.17 bits per heavy atom. The number of benzene rings is 2. The van der Waals surface area contributed by atoms with Gasteiger partial charge in [-0.1, -0.05) is 23.7 Å². The Hall–Kier alpha value is -3.43. The predicted octanol–water partition coefficient (Wildman–Crippen LogP) is 4.51. The molecular formula is C23H20ClN3O3. The molecule has 4 rings (SSSR count). The summed E-state index contributed by atoms with van der Waals surface area (Å²) in [5, 5.41) is 10.9. The van der Waals surface area contributed by atoms with Crippen LogP contribution in [0.1, 0.15) is 30.9 Å². The van der Waals surface area contributed by atoms with E-state index in [1.807, 2.05) is 18.2 Å². The molecule has 0 amide bonds. The van der Waals surface area contributed by atoms with Gasteiger partial charge in [0.15, 0.2) is 5.75 Å². The largest absolute Gasteiger partial charge is 0.439 e. The van der Waals surface area contributed by atoms with Crippen LogP contribution in [0.3, 0.4) is 0 Å². The summed E-state index contributed by atoms with van der Waals surface area (Å²) in [6.45, 7) is 5.78. The molecule has 2 aromatic carbocycles. The monoisotopic (exact) mass is 421 g/mol. The van der Waals surface area contributed by atoms with Gasteiger partial charge in [-0.2, -0.15) is 5.26 Å². The van der Waals surface area contributed by atoms with Gasteiger partial charge >= 0.3 is 5.63 Å². The number of anilines is 1. The normalized spacial score (nSPS) is 15.5. The Balaban J connectivity index is 1.97. The molecule has 1 aliphatic heterocycles. The summed E-state index contributed by atoms with van der Waals surface area (Å²) in [6.07, 6.45) is 0. The van der Waals surface area contributed by atoms with Gasteiger partial charge in [0.2, 0.25) is 5.88 Å². The zero-order valence-corrected chi connectivity index (χ0v) is 17.4. The third kappa shape index (κ3) is 3.17. The molecule has 0 radical (unpaired) electrons. The highest BCUT2D eigenvalue weighted by atomic mass is 35.5. The van der Waals surface area contributed by atoms with Crippen LogP contribution >= 0.6 is 11.6 Å². The number of nitrogens with zero attached hydrogens (tertiary/aromatic N) is 2. The van der Waals surface area contributed by atoms with Crippen molar-refractivity contribution in [3.05, 3.63) is 80.5 Å². The van der Waals surface area contributed by atoms with Crippen LogP contribution in [0.2, 0.25) is 5.02 Å². The van der Waals surface area contributed by atoms with E-state index in [1.54, 1.807) is 24.3 Å². The molecule has 0 fully saturated rings. The van der Waals surface area contributed by atoms with Crippen LogP contribution in [0.25, 0.3) is 11.0 Å². The average Bonchev–Trinajstić information content (AvgIpc) is 2.74. The van der Waals surface area contributed by atoms with E-state index < -0.39 is 11.5 Å². The fourth-order valence-corrected chi connectivity index (χ4v) is 4.01. The SMILES string of the molecule is CCN(CC)c1ccc2c3c(c(=O)oc2c1)C(c1ccc(Cl)cc1)C(C#N)=C(N)O3. The summed E-state index contributed by atoms with van der Waals surface area (Å²) in [6, 6.07) is 14.7. The maximum absolute atomic E-state index is 13.1. The second-order valence-corrected chi connectivity index (χ2v) is 7.40. The van der Waals surface area contributed by atoms with E-state index in [-0.39, 0.29) is 17.0 Å². The number of rotatable bonds is 4. The first kappa shape index (κ1) is 19.9. The Morgan fingerprint density at radius 3 is 2.50 bits per heavy atom. The second kappa shape index (κ2) is 7.77. The van der Waals surface area contributed by atoms with Crippen LogP contribution in [0.15, 0.2) is 63.1 Å². The van der Waals surface area contributed by atoms with Gasteiger partial charge in [0.1, 0.15) is 17.2 Å². The number of allylic oxidation sites excluding steroid dienone is 1. The molecule has 0 aliphatic carbocycles. The van der Waals surface area contributed by atoms with Crippen molar-refractivity contribution in [3.63, 3.8) is 0 Å². The number of hydrogen-bond acceptors (Lipinski definition) is 6. The van der Waals surface area contributed by atoms with Gasteiger partial charge in [0.05, 0.1) is 16.9 Å². The number of fused-ring (bicyclic) bond motifs is 3. The molecule has 7 heteroatoms. The summed E-state index contributed by atoms with van der Waals surface area (Å²) in [4.78, 5) is 15.2. The van der Waals surface area contributed by atoms with Gasteiger partial charge in [0.25, 0.3) is 0 Å². The van der Waals surface area contributed by atoms with Crippen molar-refractivity contribution in [2.75, 3.05) is 18.0 Å². The average molecular weight is 422 g/mol. The molecule has 2 N–H and O–H groups in total. The van der Waals surface area contributed by atoms with Crippen molar-refractivity contribution >= 4 is 28.3 Å². The lowest BCUT2D eigenvalue weighted by Crippen LogP contribution is -2.26. The molecule has 0 bridgehead atoms. The van der Waals surface area contributed by atoms with Crippen molar-refractivity contribution in [2.24, 2.45) is 5.73 Å². The minimum absolute atomic E-state index is 0.0235. The topological polar surface area (TPSA) is 92.5 Å². The van der Waals surface area contributed by atoms with Crippen molar-refractivity contribution in [3.8, 4) is 11.8 Å². The smallest absolute Gasteiger partial charge is 0.344 e. The molecule has 1 aromatic heterocycles. The summed E-state index contributed by atoms with van der Waals surface area (Å²) in [5.74, 6) is -0.396. The Labute approximate surface area is 178 Å². The lowest BCUT2D eigenvalue weighted by Gasteiger charge is -2.26. The van der Waals surface area contributed by atoms with Gasteiger partial charge in [-0.05, 0) is 43.7 Å². The number of nitrogens with two attached hydrogens (primary N) is 1. The maximum atomic E-state index is 13.1. The number of ether oxygens (including phenoxy) is 1. The standard InChI is InChI=1S/C23H20ClN3O3/c1-3-27(4-2)15-9-10-16-18(11-15)29-23(28)20-19(13-5-7-14(24)8-6-13)17(12-25)22(26)30-21(16)20/h5-11,19H,3-4,26H2,1-2H3. The van der Waals surface area contributed by atoms with E-state index in [4.69, 9.17) is 26.5 Å². The van der Waals surface area contributed by atoms with E-state index >= 15 is 0 Å². The minimum Gasteiger partial charge on any atom is -0.439 e. The van der Waals surface area contributed by atoms with Crippen molar-refractivity contribution in [1.29, 1.82) is 5.26 Å². The van der Waals surface area contributed by atoms with E-state index in [2.05, 4.69) is 24.8 Å². The van der Waals surface area contributed by atoms with Crippen LogP contribution in [0, 0.1) is 11.3 Å². The molecule has 1 unspecified atom stereocenters. The van der Waals surface area contributed by atoms with Gasteiger partial charge in [-0.15, -0.1) is 0 Å². The van der Waals surface area contributed by atoms with Crippen molar-refractivity contribution < 1.29 is 9.15 Å². The summed E-state index contributed by atoms with van der Waals surface area (Å²) in [7, 11) is 0. The Morgan fingerprint density at radius 2 is 1.87 bits per heavy atom. The first-order chi connectivity index (χ1) is 14.5. The molecule has 1 atom stereocenters. The molecule has 0 saturated carbocycles. The van der Waals surface area contributed by atoms with Gasteiger partial charge in [0, 0.05) is 29.9 Å². The molecule has 30 heavy (non-hydrogen) atoms. The summed E-state index contributed by atoms with van der Waals surface area (Å²) in [5.41, 5.74) is 8.01. The number of hydrogen-bond donors (Lipinski definition) is 1. The third-order valence-corrected chi connectivity index (χ3v) is 5.64. The number of nitriles is 1. The predicted molar refractivity (Wildman–Crippen MR) is 117 cm³/mol. The second-order valence-electron chi connectivity index (χ2n) is 6.96. The van der Waals surface area contributed by atoms with Gasteiger partial charge < -0.3 is 19.8 Å². The highest BCUT2D eigenvalue weighted by Crippen LogP contribution is 2.44. The van der Waals surface area contributed by atoms with Crippen molar-refractivity contribution in [1.82, 2.24) is 0 Å². The molecule has 1 aliphatic rings. The third-order valence-electron chi connectivity index (χ3n) is 5.38. The highest BCUT2D eigenvalue weighted by Gasteiger charge is 2.35. The first-order valence-electron chi connectivity index (χ1n) is 9.67. The van der Waals surface area contributed by atoms with Crippen LogP contribution in [0.5, 0.6) is 5.75 Å². The highest BCUT2D eigenvalue weighted by molar-refractivity contribution is 6.30. The quantitative estimate of drug-likeness (QED) is 0.623. The Kier molecular flexibility index (Phi) is 5.15. The fourth-order valence-electron chi connectivity index (χ4n) is 3.88. The first-order valence-corrected chi connectivity index (χ1v) is 10.0.